The van der Waals surface area contributed by atoms with Crippen molar-refractivity contribution in [1.29, 1.82) is 0 Å². The second-order valence-corrected chi connectivity index (χ2v) is 8.64. The van der Waals surface area contributed by atoms with Gasteiger partial charge in [0.2, 0.25) is 0 Å². The van der Waals surface area contributed by atoms with Gasteiger partial charge >= 0.3 is 143 Å². The maximum atomic E-state index is 11.6. The predicted molar refractivity (Wildman–Crippen MR) is 95.7 cm³/mol. The SMILES string of the molecule is COc1cc(OC)c(I(OC(C)=O)c2ccccc2)c(OC)c1. The second kappa shape index (κ2) is 8.05. The molecule has 6 heteroatoms. The molecule has 5 nitrogen and oxygen atoms in total. The van der Waals surface area contributed by atoms with Crippen LogP contribution in [0.4, 0.5) is 0 Å². The van der Waals surface area contributed by atoms with E-state index in [0.717, 1.165) is 7.14 Å². The fraction of sp³-hybridized carbons (Fsp3) is 0.235. The van der Waals surface area contributed by atoms with Gasteiger partial charge in [-0.25, -0.2) is 0 Å². The Morgan fingerprint density at radius 1 is 0.913 bits per heavy atom. The number of benzene rings is 2. The van der Waals surface area contributed by atoms with E-state index in [9.17, 15) is 4.79 Å². The van der Waals surface area contributed by atoms with Gasteiger partial charge in [-0.1, -0.05) is 0 Å². The van der Waals surface area contributed by atoms with Crippen LogP contribution in [0.15, 0.2) is 42.5 Å². The zero-order valence-electron chi connectivity index (χ0n) is 13.5. The zero-order chi connectivity index (χ0) is 16.8. The molecule has 0 saturated heterocycles. The molecule has 0 aromatic heterocycles. The molecule has 0 heterocycles. The van der Waals surface area contributed by atoms with Crippen molar-refractivity contribution < 1.29 is 22.1 Å². The van der Waals surface area contributed by atoms with Crippen LogP contribution in [-0.2, 0) is 7.86 Å². The van der Waals surface area contributed by atoms with Gasteiger partial charge in [-0.3, -0.25) is 0 Å². The summed E-state index contributed by atoms with van der Waals surface area (Å²) in [4.78, 5) is 11.6. The molecule has 2 rings (SSSR count). The van der Waals surface area contributed by atoms with Crippen LogP contribution in [-0.4, -0.2) is 27.3 Å². The number of carbonyl (C=O) groups is 1. The first-order valence-electron chi connectivity index (χ1n) is 6.84. The van der Waals surface area contributed by atoms with E-state index < -0.39 is 20.2 Å². The molecule has 0 N–H and O–H groups in total. The van der Waals surface area contributed by atoms with Crippen LogP contribution in [0.2, 0.25) is 0 Å². The number of halogens is 1. The summed E-state index contributed by atoms with van der Waals surface area (Å²) in [6.45, 7) is 1.41. The molecule has 0 aliphatic heterocycles. The summed E-state index contributed by atoms with van der Waals surface area (Å²) < 4.78 is 23.7. The number of carbonyl (C=O) groups excluding carboxylic acids is 1. The van der Waals surface area contributed by atoms with Crippen molar-refractivity contribution in [2.45, 2.75) is 6.92 Å². The number of hydrogen-bond acceptors (Lipinski definition) is 5. The average molecular weight is 430 g/mol. The van der Waals surface area contributed by atoms with Crippen LogP contribution >= 0.6 is 20.2 Å². The standard InChI is InChI=1S/C17H19IO5/c1-12(19)23-18(13-8-6-5-7-9-13)17-15(21-3)10-14(20-2)11-16(17)22-4/h5-11H,1-4H3. The van der Waals surface area contributed by atoms with E-state index in [1.807, 2.05) is 30.3 Å². The zero-order valence-corrected chi connectivity index (χ0v) is 15.6. The van der Waals surface area contributed by atoms with Crippen molar-refractivity contribution in [2.24, 2.45) is 0 Å². The monoisotopic (exact) mass is 430 g/mol. The summed E-state index contributed by atoms with van der Waals surface area (Å²) in [7, 11) is 4.73. The van der Waals surface area contributed by atoms with Crippen molar-refractivity contribution in [2.75, 3.05) is 21.3 Å². The van der Waals surface area contributed by atoms with E-state index in [1.165, 1.54) is 6.92 Å². The van der Waals surface area contributed by atoms with E-state index in [2.05, 4.69) is 0 Å². The van der Waals surface area contributed by atoms with E-state index >= 15 is 0 Å². The predicted octanol–water partition coefficient (Wildman–Crippen LogP) is 3.74. The summed E-state index contributed by atoms with van der Waals surface area (Å²) in [5, 5.41) is 0. The fourth-order valence-corrected chi connectivity index (χ4v) is 6.47. The Hall–Kier alpha value is -1.96. The third kappa shape index (κ3) is 4.07. The average Bonchev–Trinajstić information content (AvgIpc) is 2.59. The van der Waals surface area contributed by atoms with Crippen molar-refractivity contribution >= 4 is 26.2 Å². The molecule has 0 fully saturated rings. The van der Waals surface area contributed by atoms with Crippen LogP contribution in [0, 0.1) is 7.14 Å². The van der Waals surface area contributed by atoms with Gasteiger partial charge in [0.15, 0.2) is 0 Å². The Balaban J connectivity index is 2.64. The number of rotatable bonds is 6. The molecule has 0 bridgehead atoms. The molecule has 0 radical (unpaired) electrons. The van der Waals surface area contributed by atoms with E-state index in [-0.39, 0.29) is 5.97 Å². The van der Waals surface area contributed by atoms with E-state index in [4.69, 9.17) is 17.3 Å². The Bertz CT molecular complexity index is 647. The molecule has 2 aromatic carbocycles. The molecule has 0 amide bonds. The van der Waals surface area contributed by atoms with Crippen molar-refractivity contribution in [3.63, 3.8) is 0 Å². The first-order valence-corrected chi connectivity index (χ1v) is 9.88. The van der Waals surface area contributed by atoms with Gasteiger partial charge in [0, 0.05) is 0 Å². The van der Waals surface area contributed by atoms with Crippen LogP contribution in [0.25, 0.3) is 0 Å². The Morgan fingerprint density at radius 3 is 1.91 bits per heavy atom. The molecular weight excluding hydrogens is 411 g/mol. The van der Waals surface area contributed by atoms with E-state index in [1.54, 1.807) is 33.5 Å². The van der Waals surface area contributed by atoms with Gasteiger partial charge in [-0.05, 0) is 0 Å². The minimum atomic E-state index is -2.52. The molecular formula is C17H19IO5. The number of hydrogen-bond donors (Lipinski definition) is 0. The molecule has 0 aliphatic carbocycles. The van der Waals surface area contributed by atoms with E-state index in [0.29, 0.717) is 17.2 Å². The summed E-state index contributed by atoms with van der Waals surface area (Å²) in [5.74, 6) is 1.49. The third-order valence-corrected chi connectivity index (χ3v) is 7.90. The second-order valence-electron chi connectivity index (χ2n) is 4.46. The van der Waals surface area contributed by atoms with Crippen LogP contribution in [0.3, 0.4) is 0 Å². The number of methoxy groups -OCH3 is 3. The van der Waals surface area contributed by atoms with Crippen LogP contribution < -0.4 is 14.2 Å². The van der Waals surface area contributed by atoms with Gasteiger partial charge in [0.25, 0.3) is 0 Å². The van der Waals surface area contributed by atoms with Crippen LogP contribution in [0.1, 0.15) is 6.92 Å². The van der Waals surface area contributed by atoms with Crippen LogP contribution in [0.5, 0.6) is 17.2 Å². The third-order valence-electron chi connectivity index (χ3n) is 2.94. The van der Waals surface area contributed by atoms with Gasteiger partial charge in [0.05, 0.1) is 0 Å². The topological polar surface area (TPSA) is 54.0 Å². The molecule has 124 valence electrons. The Kier molecular flexibility index (Phi) is 6.09. The molecule has 0 atom stereocenters. The van der Waals surface area contributed by atoms with Gasteiger partial charge < -0.3 is 0 Å². The molecule has 23 heavy (non-hydrogen) atoms. The molecule has 0 unspecified atom stereocenters. The molecule has 2 aromatic rings. The maximum absolute atomic E-state index is 11.6. The van der Waals surface area contributed by atoms with Gasteiger partial charge in [-0.15, -0.1) is 0 Å². The van der Waals surface area contributed by atoms with Crippen molar-refractivity contribution in [3.05, 3.63) is 49.6 Å². The van der Waals surface area contributed by atoms with Gasteiger partial charge in [-0.2, -0.15) is 0 Å². The number of ether oxygens (including phenoxy) is 3. The quantitative estimate of drug-likeness (QED) is 0.654. The minimum absolute atomic E-state index is 0.320. The van der Waals surface area contributed by atoms with Crippen molar-refractivity contribution in [1.82, 2.24) is 0 Å². The first-order chi connectivity index (χ1) is 11.1. The molecule has 0 spiro atoms. The van der Waals surface area contributed by atoms with Crippen molar-refractivity contribution in [3.8, 4) is 17.2 Å². The summed E-state index contributed by atoms with van der Waals surface area (Å²) in [5.41, 5.74) is 0. The first kappa shape index (κ1) is 17.4. The summed E-state index contributed by atoms with van der Waals surface area (Å²) in [6.07, 6.45) is 0. The molecule has 0 aliphatic rings. The summed E-state index contributed by atoms with van der Waals surface area (Å²) in [6, 6.07) is 13.2. The van der Waals surface area contributed by atoms with Gasteiger partial charge in [0.1, 0.15) is 0 Å². The normalized spacial score (nSPS) is 10.7. The Morgan fingerprint density at radius 2 is 1.48 bits per heavy atom. The summed E-state index contributed by atoms with van der Waals surface area (Å²) >= 11 is -2.52. The molecule has 0 saturated carbocycles. The Labute approximate surface area is 143 Å². The fourth-order valence-electron chi connectivity index (χ4n) is 1.96.